The molecule has 1 saturated carbocycles. The first kappa shape index (κ1) is 11.0. The molecule has 2 nitrogen and oxygen atoms in total. The summed E-state index contributed by atoms with van der Waals surface area (Å²) in [5, 5.41) is 9.79. The average molecular weight is 185 g/mol. The first-order valence-corrected chi connectivity index (χ1v) is 5.68. The van der Waals surface area contributed by atoms with Crippen LogP contribution in [-0.2, 0) is 0 Å². The Balaban J connectivity index is 2.46. The zero-order chi connectivity index (χ0) is 9.84. The highest BCUT2D eigenvalue weighted by Gasteiger charge is 2.35. The minimum atomic E-state index is -0.218. The van der Waals surface area contributed by atoms with Crippen molar-refractivity contribution in [1.82, 2.24) is 4.90 Å². The van der Waals surface area contributed by atoms with Crippen LogP contribution in [0.25, 0.3) is 0 Å². The van der Waals surface area contributed by atoms with Gasteiger partial charge in [-0.25, -0.2) is 0 Å². The minimum Gasteiger partial charge on any atom is -0.378 e. The molecule has 1 fully saturated rings. The molecule has 3 atom stereocenters. The Morgan fingerprint density at radius 1 is 1.31 bits per heavy atom. The molecule has 1 aliphatic rings. The zero-order valence-corrected chi connectivity index (χ0v) is 9.16. The smallest absolute Gasteiger partial charge is 0.107 e. The monoisotopic (exact) mass is 185 g/mol. The predicted octanol–water partition coefficient (Wildman–Crippen LogP) is 2.23. The van der Waals surface area contributed by atoms with Gasteiger partial charge in [0.2, 0.25) is 0 Å². The molecule has 0 aromatic rings. The summed E-state index contributed by atoms with van der Waals surface area (Å²) in [7, 11) is 0. The maximum absolute atomic E-state index is 9.79. The van der Waals surface area contributed by atoms with Crippen molar-refractivity contribution in [2.24, 2.45) is 5.92 Å². The van der Waals surface area contributed by atoms with E-state index in [4.69, 9.17) is 0 Å². The highest BCUT2D eigenvalue weighted by Crippen LogP contribution is 2.35. The van der Waals surface area contributed by atoms with Gasteiger partial charge in [0.1, 0.15) is 6.23 Å². The topological polar surface area (TPSA) is 23.5 Å². The lowest BCUT2D eigenvalue weighted by atomic mass is 9.76. The minimum absolute atomic E-state index is 0.218. The molecule has 0 aromatic carbocycles. The van der Waals surface area contributed by atoms with Gasteiger partial charge in [0.25, 0.3) is 0 Å². The van der Waals surface area contributed by atoms with Crippen molar-refractivity contribution in [3.05, 3.63) is 0 Å². The van der Waals surface area contributed by atoms with Gasteiger partial charge in [-0.1, -0.05) is 27.2 Å². The van der Waals surface area contributed by atoms with Crippen LogP contribution in [0.3, 0.4) is 0 Å². The number of nitrogens with zero attached hydrogens (tertiary/aromatic N) is 1. The van der Waals surface area contributed by atoms with Crippen LogP contribution in [-0.4, -0.2) is 28.8 Å². The second-order valence-electron chi connectivity index (χ2n) is 4.03. The molecule has 13 heavy (non-hydrogen) atoms. The highest BCUT2D eigenvalue weighted by atomic mass is 16.3. The third-order valence-corrected chi connectivity index (χ3v) is 3.44. The van der Waals surface area contributed by atoms with Gasteiger partial charge in [-0.15, -0.1) is 0 Å². The third-order valence-electron chi connectivity index (χ3n) is 3.44. The fourth-order valence-electron chi connectivity index (χ4n) is 2.37. The van der Waals surface area contributed by atoms with E-state index in [1.807, 2.05) is 6.92 Å². The van der Waals surface area contributed by atoms with Gasteiger partial charge in [-0.2, -0.15) is 0 Å². The second kappa shape index (κ2) is 4.97. The van der Waals surface area contributed by atoms with Crippen LogP contribution < -0.4 is 0 Å². The van der Waals surface area contributed by atoms with E-state index in [0.717, 1.165) is 18.9 Å². The van der Waals surface area contributed by atoms with E-state index in [9.17, 15) is 5.11 Å². The van der Waals surface area contributed by atoms with Crippen molar-refractivity contribution in [1.29, 1.82) is 0 Å². The molecule has 0 radical (unpaired) electrons. The van der Waals surface area contributed by atoms with E-state index in [1.54, 1.807) is 0 Å². The number of hydrogen-bond acceptors (Lipinski definition) is 2. The van der Waals surface area contributed by atoms with Gasteiger partial charge in [0.15, 0.2) is 0 Å². The van der Waals surface area contributed by atoms with Crippen LogP contribution in [0.4, 0.5) is 0 Å². The van der Waals surface area contributed by atoms with Gasteiger partial charge in [0.05, 0.1) is 0 Å². The molecule has 0 saturated heterocycles. The zero-order valence-electron chi connectivity index (χ0n) is 9.16. The molecule has 1 N–H and O–H groups in total. The molecular formula is C11H23NO. The Morgan fingerprint density at radius 3 is 2.31 bits per heavy atom. The molecule has 0 amide bonds. The Kier molecular flexibility index (Phi) is 4.20. The van der Waals surface area contributed by atoms with Gasteiger partial charge in [-0.3, -0.25) is 4.90 Å². The molecule has 3 unspecified atom stereocenters. The number of hydrogen-bond donors (Lipinski definition) is 1. The lowest BCUT2D eigenvalue weighted by Crippen LogP contribution is -2.51. The molecule has 78 valence electrons. The van der Waals surface area contributed by atoms with Crippen LogP contribution in [0.15, 0.2) is 0 Å². The van der Waals surface area contributed by atoms with Gasteiger partial charge in [0, 0.05) is 6.04 Å². The van der Waals surface area contributed by atoms with Crippen LogP contribution >= 0.6 is 0 Å². The highest BCUT2D eigenvalue weighted by molar-refractivity contribution is 4.88. The molecule has 1 rings (SSSR count). The number of rotatable bonds is 5. The maximum atomic E-state index is 9.79. The summed E-state index contributed by atoms with van der Waals surface area (Å²) in [6.45, 7) is 7.43. The quantitative estimate of drug-likeness (QED) is 0.664. The van der Waals surface area contributed by atoms with E-state index in [0.29, 0.717) is 6.04 Å². The molecule has 1 aliphatic carbocycles. The first-order chi connectivity index (χ1) is 6.24. The van der Waals surface area contributed by atoms with Crippen LogP contribution in [0, 0.1) is 5.92 Å². The van der Waals surface area contributed by atoms with Crippen molar-refractivity contribution in [2.75, 3.05) is 6.54 Å². The number of aliphatic hydroxyl groups is 1. The Labute approximate surface area is 81.9 Å². The maximum Gasteiger partial charge on any atom is 0.107 e. The fraction of sp³-hybridized carbons (Fsp3) is 1.00. The summed E-state index contributed by atoms with van der Waals surface area (Å²) < 4.78 is 0. The van der Waals surface area contributed by atoms with Crippen molar-refractivity contribution in [3.63, 3.8) is 0 Å². The van der Waals surface area contributed by atoms with Crippen LogP contribution in [0.1, 0.15) is 46.5 Å². The standard InChI is InChI=1S/C11H23NO/c1-4-9-7-8-10(9)12(6-3)11(13)5-2/h9-11,13H,4-8H2,1-3H3. The van der Waals surface area contributed by atoms with E-state index in [2.05, 4.69) is 18.7 Å². The molecule has 0 aromatic heterocycles. The van der Waals surface area contributed by atoms with Crippen molar-refractivity contribution >= 4 is 0 Å². The van der Waals surface area contributed by atoms with Gasteiger partial charge >= 0.3 is 0 Å². The van der Waals surface area contributed by atoms with Crippen LogP contribution in [0.2, 0.25) is 0 Å². The van der Waals surface area contributed by atoms with E-state index >= 15 is 0 Å². The first-order valence-electron chi connectivity index (χ1n) is 5.68. The third kappa shape index (κ3) is 2.23. The van der Waals surface area contributed by atoms with Crippen LogP contribution in [0.5, 0.6) is 0 Å². The molecule has 2 heteroatoms. The summed E-state index contributed by atoms with van der Waals surface area (Å²) in [6, 6.07) is 0.657. The van der Waals surface area contributed by atoms with Crippen molar-refractivity contribution in [3.8, 4) is 0 Å². The van der Waals surface area contributed by atoms with Gasteiger partial charge in [-0.05, 0) is 31.7 Å². The number of aliphatic hydroxyl groups excluding tert-OH is 1. The normalized spacial score (nSPS) is 30.2. The summed E-state index contributed by atoms with van der Waals surface area (Å²) in [4.78, 5) is 2.26. The predicted molar refractivity (Wildman–Crippen MR) is 55.5 cm³/mol. The SMILES string of the molecule is CCC1CCC1N(CC)C(O)CC. The van der Waals surface area contributed by atoms with Crippen molar-refractivity contribution in [2.45, 2.75) is 58.7 Å². The van der Waals surface area contributed by atoms with Crippen molar-refractivity contribution < 1.29 is 5.11 Å². The Hall–Kier alpha value is -0.0800. The summed E-state index contributed by atoms with van der Waals surface area (Å²) in [5.41, 5.74) is 0. The second-order valence-corrected chi connectivity index (χ2v) is 4.03. The fourth-order valence-corrected chi connectivity index (χ4v) is 2.37. The summed E-state index contributed by atoms with van der Waals surface area (Å²) in [5.74, 6) is 0.834. The van der Waals surface area contributed by atoms with E-state index < -0.39 is 0 Å². The van der Waals surface area contributed by atoms with Gasteiger partial charge < -0.3 is 5.11 Å². The Morgan fingerprint density at radius 2 is 2.00 bits per heavy atom. The Bertz CT molecular complexity index is 147. The molecule has 0 spiro atoms. The van der Waals surface area contributed by atoms with E-state index in [1.165, 1.54) is 19.3 Å². The average Bonchev–Trinajstić information content (AvgIpc) is 2.11. The summed E-state index contributed by atoms with van der Waals surface area (Å²) in [6.07, 6.45) is 4.53. The largest absolute Gasteiger partial charge is 0.378 e. The van der Waals surface area contributed by atoms with E-state index in [-0.39, 0.29) is 6.23 Å². The summed E-state index contributed by atoms with van der Waals surface area (Å²) >= 11 is 0. The molecular weight excluding hydrogens is 162 g/mol. The molecule has 0 bridgehead atoms. The lowest BCUT2D eigenvalue weighted by molar-refractivity contribution is -0.0685. The lowest BCUT2D eigenvalue weighted by Gasteiger charge is -2.45. The molecule has 0 heterocycles. The molecule has 0 aliphatic heterocycles.